The highest BCUT2D eigenvalue weighted by atomic mass is 15.0. The highest BCUT2D eigenvalue weighted by Crippen LogP contribution is 2.30. The summed E-state index contributed by atoms with van der Waals surface area (Å²) in [4.78, 5) is 0. The van der Waals surface area contributed by atoms with Gasteiger partial charge in [-0.25, -0.2) is 0 Å². The second-order valence-electron chi connectivity index (χ2n) is 5.74. The van der Waals surface area contributed by atoms with Crippen molar-refractivity contribution in [1.29, 1.82) is 0 Å². The Morgan fingerprint density at radius 3 is 2.71 bits per heavy atom. The predicted octanol–water partition coefficient (Wildman–Crippen LogP) is 2.96. The summed E-state index contributed by atoms with van der Waals surface area (Å²) < 4.78 is 0. The molecule has 0 aliphatic heterocycles. The Morgan fingerprint density at radius 1 is 1.24 bits per heavy atom. The molecule has 1 aliphatic rings. The molecule has 100 valence electrons. The van der Waals surface area contributed by atoms with Gasteiger partial charge in [0.2, 0.25) is 0 Å². The summed E-state index contributed by atoms with van der Waals surface area (Å²) in [5, 5.41) is 7.02. The van der Waals surface area contributed by atoms with E-state index >= 15 is 0 Å². The summed E-state index contributed by atoms with van der Waals surface area (Å²) in [6, 6.07) is 0.600. The first-order chi connectivity index (χ1) is 8.22. The smallest absolute Gasteiger partial charge is 0.00790 e. The van der Waals surface area contributed by atoms with Crippen LogP contribution in [0.1, 0.15) is 46.0 Å². The third-order valence-corrected chi connectivity index (χ3v) is 3.68. The first kappa shape index (κ1) is 14.7. The van der Waals surface area contributed by atoms with Gasteiger partial charge < -0.3 is 10.6 Å². The molecule has 0 aromatic rings. The molecule has 0 aromatic heterocycles. The fourth-order valence-electron chi connectivity index (χ4n) is 2.79. The van der Waals surface area contributed by atoms with Gasteiger partial charge in [0.15, 0.2) is 0 Å². The first-order valence-electron chi connectivity index (χ1n) is 7.27. The molecule has 2 heteroatoms. The van der Waals surface area contributed by atoms with E-state index in [4.69, 9.17) is 0 Å². The van der Waals surface area contributed by atoms with Gasteiger partial charge in [0.25, 0.3) is 0 Å². The van der Waals surface area contributed by atoms with Crippen LogP contribution < -0.4 is 10.6 Å². The van der Waals surface area contributed by atoms with Crippen molar-refractivity contribution in [1.82, 2.24) is 10.6 Å². The van der Waals surface area contributed by atoms with E-state index in [1.165, 1.54) is 38.6 Å². The van der Waals surface area contributed by atoms with Crippen LogP contribution in [-0.4, -0.2) is 25.7 Å². The molecule has 0 saturated heterocycles. The molecule has 2 N–H and O–H groups in total. The summed E-state index contributed by atoms with van der Waals surface area (Å²) in [7, 11) is 0. The molecule has 1 saturated carbocycles. The molecule has 2 unspecified atom stereocenters. The van der Waals surface area contributed by atoms with Gasteiger partial charge in [0.05, 0.1) is 0 Å². The first-order valence-corrected chi connectivity index (χ1v) is 7.27. The molecule has 17 heavy (non-hydrogen) atoms. The van der Waals surface area contributed by atoms with E-state index in [-0.39, 0.29) is 0 Å². The van der Waals surface area contributed by atoms with Crippen LogP contribution in [0.15, 0.2) is 12.7 Å². The molecule has 0 aromatic carbocycles. The number of hydrogen-bond acceptors (Lipinski definition) is 2. The Hall–Kier alpha value is -0.340. The molecule has 1 rings (SSSR count). The largest absolute Gasteiger partial charge is 0.315 e. The van der Waals surface area contributed by atoms with E-state index < -0.39 is 0 Å². The monoisotopic (exact) mass is 238 g/mol. The van der Waals surface area contributed by atoms with Crippen LogP contribution in [-0.2, 0) is 0 Å². The summed E-state index contributed by atoms with van der Waals surface area (Å²) in [6.07, 6.45) is 8.94. The Morgan fingerprint density at radius 2 is 2.00 bits per heavy atom. The summed E-state index contributed by atoms with van der Waals surface area (Å²) in [5.41, 5.74) is 0. The van der Waals surface area contributed by atoms with Crippen LogP contribution in [0.4, 0.5) is 0 Å². The minimum atomic E-state index is 0.600. The van der Waals surface area contributed by atoms with E-state index in [0.29, 0.717) is 6.04 Å². The molecule has 2 nitrogen and oxygen atoms in total. The predicted molar refractivity (Wildman–Crippen MR) is 76.3 cm³/mol. The standard InChI is InChI=1S/C15H30N2/c1-4-6-14-7-5-8-15(11-14)12-16-9-10-17-13(2)3/h4,13-17H,1,5-12H2,2-3H3. The van der Waals surface area contributed by atoms with Crippen molar-refractivity contribution in [2.24, 2.45) is 11.8 Å². The zero-order valence-electron chi connectivity index (χ0n) is 11.7. The van der Waals surface area contributed by atoms with Crippen LogP contribution in [0.25, 0.3) is 0 Å². The van der Waals surface area contributed by atoms with E-state index in [1.54, 1.807) is 0 Å². The van der Waals surface area contributed by atoms with Crippen molar-refractivity contribution in [3.63, 3.8) is 0 Å². The average Bonchev–Trinajstić information content (AvgIpc) is 2.29. The molecule has 0 amide bonds. The lowest BCUT2D eigenvalue weighted by Gasteiger charge is -2.28. The van der Waals surface area contributed by atoms with Crippen molar-refractivity contribution in [2.75, 3.05) is 19.6 Å². The van der Waals surface area contributed by atoms with Gasteiger partial charge in [-0.3, -0.25) is 0 Å². The minimum absolute atomic E-state index is 0.600. The Labute approximate surface area is 107 Å². The quantitative estimate of drug-likeness (QED) is 0.502. The van der Waals surface area contributed by atoms with Crippen LogP contribution >= 0.6 is 0 Å². The van der Waals surface area contributed by atoms with Gasteiger partial charge in [-0.05, 0) is 37.6 Å². The topological polar surface area (TPSA) is 24.1 Å². The highest BCUT2D eigenvalue weighted by molar-refractivity contribution is 4.80. The lowest BCUT2D eigenvalue weighted by Crippen LogP contribution is -2.34. The zero-order chi connectivity index (χ0) is 12.5. The molecular formula is C15H30N2. The molecule has 0 heterocycles. The summed E-state index contributed by atoms with van der Waals surface area (Å²) in [6.45, 7) is 11.6. The van der Waals surface area contributed by atoms with E-state index in [9.17, 15) is 0 Å². The van der Waals surface area contributed by atoms with Crippen molar-refractivity contribution >= 4 is 0 Å². The maximum Gasteiger partial charge on any atom is 0.00790 e. The van der Waals surface area contributed by atoms with Crippen molar-refractivity contribution in [3.05, 3.63) is 12.7 Å². The third-order valence-electron chi connectivity index (χ3n) is 3.68. The molecular weight excluding hydrogens is 208 g/mol. The van der Waals surface area contributed by atoms with Gasteiger partial charge in [-0.1, -0.05) is 32.8 Å². The Bertz CT molecular complexity index is 201. The normalized spacial score (nSPS) is 25.1. The van der Waals surface area contributed by atoms with E-state index in [2.05, 4.69) is 37.1 Å². The minimum Gasteiger partial charge on any atom is -0.315 e. The number of nitrogens with one attached hydrogen (secondary N) is 2. The molecule has 0 bridgehead atoms. The van der Waals surface area contributed by atoms with E-state index in [0.717, 1.165) is 24.9 Å². The fraction of sp³-hybridized carbons (Fsp3) is 0.867. The van der Waals surface area contributed by atoms with Gasteiger partial charge in [0, 0.05) is 19.1 Å². The highest BCUT2D eigenvalue weighted by Gasteiger charge is 2.20. The van der Waals surface area contributed by atoms with Crippen LogP contribution in [0.2, 0.25) is 0 Å². The van der Waals surface area contributed by atoms with Crippen molar-refractivity contribution < 1.29 is 0 Å². The molecule has 0 spiro atoms. The van der Waals surface area contributed by atoms with Crippen LogP contribution in [0.5, 0.6) is 0 Å². The second-order valence-corrected chi connectivity index (χ2v) is 5.74. The number of allylic oxidation sites excluding steroid dienone is 1. The van der Waals surface area contributed by atoms with Gasteiger partial charge in [-0.15, -0.1) is 6.58 Å². The summed E-state index contributed by atoms with van der Waals surface area (Å²) in [5.74, 6) is 1.80. The van der Waals surface area contributed by atoms with Crippen molar-refractivity contribution in [2.45, 2.75) is 52.0 Å². The van der Waals surface area contributed by atoms with Gasteiger partial charge >= 0.3 is 0 Å². The molecule has 2 atom stereocenters. The summed E-state index contributed by atoms with van der Waals surface area (Å²) >= 11 is 0. The second kappa shape index (κ2) is 8.71. The van der Waals surface area contributed by atoms with Crippen LogP contribution in [0, 0.1) is 11.8 Å². The molecule has 1 fully saturated rings. The third kappa shape index (κ3) is 6.85. The lowest BCUT2D eigenvalue weighted by molar-refractivity contribution is 0.261. The Kier molecular flexibility index (Phi) is 7.54. The molecule has 1 aliphatic carbocycles. The fourth-order valence-corrected chi connectivity index (χ4v) is 2.79. The maximum atomic E-state index is 3.86. The molecule has 0 radical (unpaired) electrons. The SMILES string of the molecule is C=CCC1CCCC(CNCCNC(C)C)C1. The maximum absolute atomic E-state index is 3.86. The number of hydrogen-bond donors (Lipinski definition) is 2. The Balaban J connectivity index is 2.04. The van der Waals surface area contributed by atoms with Crippen molar-refractivity contribution in [3.8, 4) is 0 Å². The van der Waals surface area contributed by atoms with E-state index in [1.807, 2.05) is 0 Å². The average molecular weight is 238 g/mol. The van der Waals surface area contributed by atoms with Gasteiger partial charge in [0.1, 0.15) is 0 Å². The zero-order valence-corrected chi connectivity index (χ0v) is 11.7. The number of rotatable bonds is 8. The van der Waals surface area contributed by atoms with Crippen LogP contribution in [0.3, 0.4) is 0 Å². The lowest BCUT2D eigenvalue weighted by atomic mass is 9.80. The van der Waals surface area contributed by atoms with Gasteiger partial charge in [-0.2, -0.15) is 0 Å².